The summed E-state index contributed by atoms with van der Waals surface area (Å²) in [5.41, 5.74) is 1.06. The van der Waals surface area contributed by atoms with Crippen molar-refractivity contribution in [3.05, 3.63) is 11.6 Å². The number of likely N-dealkylation sites (N-methyl/N-ethyl adjacent to an activating group) is 1. The molecule has 92 valence electrons. The fraction of sp³-hybridized carbons (Fsp3) is 0.636. The average molecular weight is 229 g/mol. The third-order valence-electron chi connectivity index (χ3n) is 2.26. The second-order valence-corrected chi connectivity index (χ2v) is 3.67. The molecule has 1 amide bonds. The summed E-state index contributed by atoms with van der Waals surface area (Å²) in [6.07, 6.45) is 1.51. The Morgan fingerprint density at radius 1 is 1.44 bits per heavy atom. The van der Waals surface area contributed by atoms with Crippen molar-refractivity contribution >= 4 is 12.4 Å². The van der Waals surface area contributed by atoms with Crippen LogP contribution in [0.2, 0.25) is 0 Å². The van der Waals surface area contributed by atoms with Crippen LogP contribution in [-0.2, 0) is 19.1 Å². The molecule has 1 aliphatic rings. The number of amides is 1. The lowest BCUT2D eigenvalue weighted by Gasteiger charge is -2.23. The smallest absolute Gasteiger partial charge is 0.292 e. The van der Waals surface area contributed by atoms with E-state index in [4.69, 9.17) is 9.53 Å². The molecule has 5 heteroatoms. The molecule has 1 rings (SSSR count). The third kappa shape index (κ3) is 3.66. The number of hydrogen-bond acceptors (Lipinski definition) is 4. The summed E-state index contributed by atoms with van der Waals surface area (Å²) in [5, 5.41) is 0. The molecule has 1 aliphatic heterocycles. The number of ether oxygens (including phenoxy) is 2. The molecular formula is C11H19NO4. The average Bonchev–Trinajstić information content (AvgIpc) is 2.56. The maximum atomic E-state index is 11.2. The lowest BCUT2D eigenvalue weighted by Crippen LogP contribution is -2.33. The van der Waals surface area contributed by atoms with Gasteiger partial charge in [-0.2, -0.15) is 0 Å². The minimum atomic E-state index is -0.155. The summed E-state index contributed by atoms with van der Waals surface area (Å²) in [4.78, 5) is 21.8. The van der Waals surface area contributed by atoms with Crippen molar-refractivity contribution < 1.29 is 19.1 Å². The Morgan fingerprint density at radius 3 is 2.19 bits per heavy atom. The Bertz CT molecular complexity index is 273. The minimum Gasteiger partial charge on any atom is -0.471 e. The summed E-state index contributed by atoms with van der Waals surface area (Å²) >= 11 is 0. The van der Waals surface area contributed by atoms with Crippen LogP contribution in [0, 0.1) is 5.92 Å². The Hall–Kier alpha value is -1.36. The van der Waals surface area contributed by atoms with Crippen LogP contribution in [0.3, 0.4) is 0 Å². The first-order chi connectivity index (χ1) is 7.49. The van der Waals surface area contributed by atoms with Crippen molar-refractivity contribution in [1.29, 1.82) is 0 Å². The van der Waals surface area contributed by atoms with Crippen LogP contribution in [0.1, 0.15) is 13.8 Å². The zero-order chi connectivity index (χ0) is 12.7. The zero-order valence-electron chi connectivity index (χ0n) is 10.4. The molecule has 1 heterocycles. The molecule has 0 aromatic heterocycles. The summed E-state index contributed by atoms with van der Waals surface area (Å²) < 4.78 is 9.07. The monoisotopic (exact) mass is 229 g/mol. The topological polar surface area (TPSA) is 55.8 Å². The fourth-order valence-corrected chi connectivity index (χ4v) is 1.40. The van der Waals surface area contributed by atoms with Crippen LogP contribution < -0.4 is 0 Å². The van der Waals surface area contributed by atoms with Gasteiger partial charge in [-0.25, -0.2) is 0 Å². The lowest BCUT2D eigenvalue weighted by molar-refractivity contribution is -0.130. The van der Waals surface area contributed by atoms with Gasteiger partial charge in [0.25, 0.3) is 6.47 Å². The molecule has 5 nitrogen and oxygen atoms in total. The highest BCUT2D eigenvalue weighted by atomic mass is 16.5. The van der Waals surface area contributed by atoms with E-state index in [-0.39, 0.29) is 12.1 Å². The van der Waals surface area contributed by atoms with Crippen LogP contribution in [0.5, 0.6) is 0 Å². The molecule has 0 radical (unpaired) electrons. The molecule has 0 bridgehead atoms. The second kappa shape index (κ2) is 7.00. The van der Waals surface area contributed by atoms with Gasteiger partial charge in [-0.1, -0.05) is 13.8 Å². The highest BCUT2D eigenvalue weighted by molar-refractivity contribution is 5.91. The third-order valence-corrected chi connectivity index (χ3v) is 2.26. The minimum absolute atomic E-state index is 0.0329. The molecule has 1 unspecified atom stereocenters. The summed E-state index contributed by atoms with van der Waals surface area (Å²) in [7, 11) is 4.69. The molecule has 0 spiro atoms. The molecule has 0 saturated heterocycles. The fourth-order valence-electron chi connectivity index (χ4n) is 1.40. The number of carbonyl (C=O) groups excluding carboxylic acids is 2. The van der Waals surface area contributed by atoms with Gasteiger partial charge in [-0.15, -0.1) is 0 Å². The molecule has 16 heavy (non-hydrogen) atoms. The number of carbonyl (C=O) groups is 2. The van der Waals surface area contributed by atoms with Crippen LogP contribution in [0.15, 0.2) is 11.6 Å². The van der Waals surface area contributed by atoms with Crippen molar-refractivity contribution in [2.45, 2.75) is 20.1 Å². The van der Waals surface area contributed by atoms with Crippen molar-refractivity contribution in [3.63, 3.8) is 0 Å². The quantitative estimate of drug-likeness (QED) is 0.672. The summed E-state index contributed by atoms with van der Waals surface area (Å²) in [5.74, 6) is 0.398. The first kappa shape index (κ1) is 14.6. The van der Waals surface area contributed by atoms with Gasteiger partial charge in [0.1, 0.15) is 0 Å². The molecule has 0 aliphatic carbocycles. The number of nitrogens with zero attached hydrogens (tertiary/aromatic N) is 1. The predicted octanol–water partition coefficient (Wildman–Crippen LogP) is 0.802. The first-order valence-corrected chi connectivity index (χ1v) is 4.97. The summed E-state index contributed by atoms with van der Waals surface area (Å²) in [6, 6.07) is 0. The Morgan fingerprint density at radius 2 is 1.94 bits per heavy atom. The molecule has 0 N–H and O–H groups in total. The maximum absolute atomic E-state index is 11.2. The van der Waals surface area contributed by atoms with Crippen molar-refractivity contribution in [2.75, 3.05) is 21.3 Å². The molecule has 0 aromatic rings. The van der Waals surface area contributed by atoms with Gasteiger partial charge >= 0.3 is 0 Å². The van der Waals surface area contributed by atoms with E-state index in [0.29, 0.717) is 12.4 Å². The molecule has 0 saturated carbocycles. The Labute approximate surface area is 96.0 Å². The van der Waals surface area contributed by atoms with E-state index >= 15 is 0 Å². The van der Waals surface area contributed by atoms with Crippen LogP contribution in [0.25, 0.3) is 0 Å². The molecule has 0 aromatic carbocycles. The largest absolute Gasteiger partial charge is 0.471 e. The highest BCUT2D eigenvalue weighted by Gasteiger charge is 2.30. The van der Waals surface area contributed by atoms with Gasteiger partial charge < -0.3 is 14.4 Å². The van der Waals surface area contributed by atoms with Gasteiger partial charge in [0.15, 0.2) is 6.23 Å². The van der Waals surface area contributed by atoms with E-state index in [9.17, 15) is 4.79 Å². The standard InChI is InChI=1S/C9H15NO2.C2H4O2/c1-6(2)7-5-8(11)10(3)9(7)12-4;1-4-2-3/h5-6,9H,1-4H3;2H,1H3. The van der Waals surface area contributed by atoms with Crippen LogP contribution in [-0.4, -0.2) is 44.8 Å². The van der Waals surface area contributed by atoms with Gasteiger partial charge in [-0.05, 0) is 11.5 Å². The number of rotatable bonds is 3. The van der Waals surface area contributed by atoms with E-state index in [1.165, 1.54) is 7.11 Å². The summed E-state index contributed by atoms with van der Waals surface area (Å²) in [6.45, 7) is 4.49. The lowest BCUT2D eigenvalue weighted by atomic mass is 10.0. The van der Waals surface area contributed by atoms with E-state index in [1.54, 1.807) is 25.1 Å². The van der Waals surface area contributed by atoms with Crippen molar-refractivity contribution in [1.82, 2.24) is 4.90 Å². The predicted molar refractivity (Wildman–Crippen MR) is 59.6 cm³/mol. The molecule has 0 fully saturated rings. The normalized spacial score (nSPS) is 19.1. The van der Waals surface area contributed by atoms with E-state index in [0.717, 1.165) is 5.57 Å². The number of hydrogen-bond donors (Lipinski definition) is 0. The molecular weight excluding hydrogens is 210 g/mol. The van der Waals surface area contributed by atoms with Gasteiger partial charge in [0.2, 0.25) is 5.91 Å². The van der Waals surface area contributed by atoms with Gasteiger partial charge in [0, 0.05) is 20.2 Å². The van der Waals surface area contributed by atoms with Crippen molar-refractivity contribution in [2.24, 2.45) is 5.92 Å². The van der Waals surface area contributed by atoms with Gasteiger partial charge in [0.05, 0.1) is 7.11 Å². The SMILES string of the molecule is COC1C(C(C)C)=CC(=O)N1C.COC=O. The first-order valence-electron chi connectivity index (χ1n) is 4.97. The van der Waals surface area contributed by atoms with Crippen molar-refractivity contribution in [3.8, 4) is 0 Å². The maximum Gasteiger partial charge on any atom is 0.292 e. The Kier molecular flexibility index (Phi) is 6.41. The number of methoxy groups -OCH3 is 2. The van der Waals surface area contributed by atoms with Crippen LogP contribution in [0.4, 0.5) is 0 Å². The van der Waals surface area contributed by atoms with E-state index in [1.807, 2.05) is 0 Å². The van der Waals surface area contributed by atoms with E-state index < -0.39 is 0 Å². The second-order valence-electron chi connectivity index (χ2n) is 3.67. The highest BCUT2D eigenvalue weighted by Crippen LogP contribution is 2.24. The Balaban J connectivity index is 0.000000487. The van der Waals surface area contributed by atoms with Crippen LogP contribution >= 0.6 is 0 Å². The van der Waals surface area contributed by atoms with E-state index in [2.05, 4.69) is 18.6 Å². The van der Waals surface area contributed by atoms with Gasteiger partial charge in [-0.3, -0.25) is 9.59 Å². The zero-order valence-corrected chi connectivity index (χ0v) is 10.4. The molecule has 1 atom stereocenters.